The molecule has 0 spiro atoms. The molecule has 2 aromatic heterocycles. The molecule has 0 aliphatic carbocycles. The molecule has 110 valence electrons. The smallest absolute Gasteiger partial charge is 0.356 e. The van der Waals surface area contributed by atoms with Crippen LogP contribution in [0.25, 0.3) is 11.0 Å². The normalized spacial score (nSPS) is 10.4. The summed E-state index contributed by atoms with van der Waals surface area (Å²) in [5.41, 5.74) is -0.303. The van der Waals surface area contributed by atoms with Crippen molar-refractivity contribution in [3.8, 4) is 0 Å². The minimum atomic E-state index is -0.699. The molecule has 21 heavy (non-hydrogen) atoms. The predicted octanol–water partition coefficient (Wildman–Crippen LogP) is 1.28. The predicted molar refractivity (Wildman–Crippen MR) is 74.3 cm³/mol. The van der Waals surface area contributed by atoms with Crippen molar-refractivity contribution in [2.75, 3.05) is 13.2 Å². The molecular formula is C14H14N2O5. The van der Waals surface area contributed by atoms with Gasteiger partial charge in [0.05, 0.1) is 18.6 Å². The van der Waals surface area contributed by atoms with Crippen LogP contribution >= 0.6 is 0 Å². The minimum absolute atomic E-state index is 0.0869. The van der Waals surface area contributed by atoms with Crippen molar-refractivity contribution < 1.29 is 19.1 Å². The van der Waals surface area contributed by atoms with E-state index in [1.807, 2.05) is 0 Å². The first-order valence-electron chi connectivity index (χ1n) is 6.45. The maximum Gasteiger partial charge on any atom is 0.356 e. The number of carbonyl (C=O) groups excluding carboxylic acids is 2. The molecule has 2 aromatic rings. The fourth-order valence-corrected chi connectivity index (χ4v) is 1.78. The fourth-order valence-electron chi connectivity index (χ4n) is 1.78. The average Bonchev–Trinajstić information content (AvgIpc) is 2.47. The van der Waals surface area contributed by atoms with Crippen molar-refractivity contribution in [1.82, 2.24) is 9.97 Å². The van der Waals surface area contributed by atoms with Crippen molar-refractivity contribution in [3.05, 3.63) is 39.8 Å². The number of fused-ring (bicyclic) bond motifs is 1. The summed E-state index contributed by atoms with van der Waals surface area (Å²) >= 11 is 0. The number of aromatic amines is 1. The van der Waals surface area contributed by atoms with E-state index in [0.717, 1.165) is 0 Å². The van der Waals surface area contributed by atoms with Gasteiger partial charge in [0.15, 0.2) is 5.69 Å². The first kappa shape index (κ1) is 14.7. The summed E-state index contributed by atoms with van der Waals surface area (Å²) in [5.74, 6) is -1.27. The quantitative estimate of drug-likeness (QED) is 0.852. The number of rotatable bonds is 4. The van der Waals surface area contributed by atoms with Crippen LogP contribution in [0.5, 0.6) is 0 Å². The molecule has 0 saturated heterocycles. The van der Waals surface area contributed by atoms with Crippen LogP contribution in [0.1, 0.15) is 34.7 Å². The SMILES string of the molecule is CCOC(=O)c1ccc2c(=O)c(C(=O)OCC)c[nH]c2n1. The highest BCUT2D eigenvalue weighted by atomic mass is 16.5. The second kappa shape index (κ2) is 6.17. The van der Waals surface area contributed by atoms with Crippen LogP contribution in [0.4, 0.5) is 0 Å². The summed E-state index contributed by atoms with van der Waals surface area (Å²) in [6.07, 6.45) is 1.23. The van der Waals surface area contributed by atoms with E-state index in [9.17, 15) is 14.4 Å². The van der Waals surface area contributed by atoms with E-state index in [-0.39, 0.29) is 35.5 Å². The number of nitrogens with zero attached hydrogens (tertiary/aromatic N) is 1. The molecule has 0 radical (unpaired) electrons. The molecule has 1 N–H and O–H groups in total. The number of hydrogen-bond acceptors (Lipinski definition) is 6. The lowest BCUT2D eigenvalue weighted by molar-refractivity contribution is 0.0511. The number of nitrogens with one attached hydrogen (secondary N) is 1. The lowest BCUT2D eigenvalue weighted by atomic mass is 10.2. The van der Waals surface area contributed by atoms with Crippen molar-refractivity contribution in [2.45, 2.75) is 13.8 Å². The van der Waals surface area contributed by atoms with Gasteiger partial charge in [-0.15, -0.1) is 0 Å². The third-order valence-electron chi connectivity index (χ3n) is 2.72. The average molecular weight is 290 g/mol. The second-order valence-corrected chi connectivity index (χ2v) is 4.07. The van der Waals surface area contributed by atoms with Gasteiger partial charge in [-0.1, -0.05) is 0 Å². The lowest BCUT2D eigenvalue weighted by Gasteiger charge is -2.04. The molecule has 0 fully saturated rings. The highest BCUT2D eigenvalue weighted by Crippen LogP contribution is 2.09. The number of pyridine rings is 2. The zero-order valence-electron chi connectivity index (χ0n) is 11.6. The molecule has 0 atom stereocenters. The molecule has 0 amide bonds. The van der Waals surface area contributed by atoms with Gasteiger partial charge in [-0.25, -0.2) is 14.6 Å². The Morgan fingerprint density at radius 3 is 2.48 bits per heavy atom. The Balaban J connectivity index is 2.48. The zero-order valence-corrected chi connectivity index (χ0v) is 11.6. The van der Waals surface area contributed by atoms with Crippen molar-refractivity contribution in [1.29, 1.82) is 0 Å². The monoisotopic (exact) mass is 290 g/mol. The molecule has 0 saturated carbocycles. The van der Waals surface area contributed by atoms with E-state index in [2.05, 4.69) is 9.97 Å². The number of esters is 2. The van der Waals surface area contributed by atoms with Crippen LogP contribution < -0.4 is 5.43 Å². The number of aromatic nitrogens is 2. The summed E-state index contributed by atoms with van der Waals surface area (Å²) in [6, 6.07) is 2.81. The molecule has 0 unspecified atom stereocenters. The van der Waals surface area contributed by atoms with Crippen molar-refractivity contribution in [3.63, 3.8) is 0 Å². The first-order valence-corrected chi connectivity index (χ1v) is 6.45. The summed E-state index contributed by atoms with van der Waals surface area (Å²) in [4.78, 5) is 42.1. The molecule has 2 rings (SSSR count). The Morgan fingerprint density at radius 1 is 1.14 bits per heavy atom. The fraction of sp³-hybridized carbons (Fsp3) is 0.286. The number of carbonyl (C=O) groups is 2. The van der Waals surface area contributed by atoms with Crippen molar-refractivity contribution >= 4 is 23.0 Å². The van der Waals surface area contributed by atoms with Crippen LogP contribution in [-0.2, 0) is 9.47 Å². The largest absolute Gasteiger partial charge is 0.462 e. The van der Waals surface area contributed by atoms with Gasteiger partial charge in [-0.3, -0.25) is 4.79 Å². The van der Waals surface area contributed by atoms with Crippen LogP contribution in [0.2, 0.25) is 0 Å². The van der Waals surface area contributed by atoms with Gasteiger partial charge in [-0.05, 0) is 26.0 Å². The summed E-state index contributed by atoms with van der Waals surface area (Å²) in [5, 5.41) is 0.202. The highest BCUT2D eigenvalue weighted by molar-refractivity contribution is 5.94. The lowest BCUT2D eigenvalue weighted by Crippen LogP contribution is -2.19. The van der Waals surface area contributed by atoms with E-state index in [1.54, 1.807) is 13.8 Å². The van der Waals surface area contributed by atoms with E-state index >= 15 is 0 Å². The van der Waals surface area contributed by atoms with Gasteiger partial charge in [0, 0.05) is 6.20 Å². The number of ether oxygens (including phenoxy) is 2. The summed E-state index contributed by atoms with van der Waals surface area (Å²) < 4.78 is 9.63. The summed E-state index contributed by atoms with van der Waals surface area (Å²) in [7, 11) is 0. The highest BCUT2D eigenvalue weighted by Gasteiger charge is 2.16. The van der Waals surface area contributed by atoms with E-state index in [0.29, 0.717) is 0 Å². The minimum Gasteiger partial charge on any atom is -0.462 e. The molecule has 7 heteroatoms. The van der Waals surface area contributed by atoms with Crippen LogP contribution in [-0.4, -0.2) is 35.1 Å². The van der Waals surface area contributed by atoms with Gasteiger partial charge >= 0.3 is 11.9 Å². The van der Waals surface area contributed by atoms with Gasteiger partial charge in [0.25, 0.3) is 0 Å². The van der Waals surface area contributed by atoms with Crippen molar-refractivity contribution in [2.24, 2.45) is 0 Å². The van der Waals surface area contributed by atoms with Gasteiger partial charge in [0.2, 0.25) is 5.43 Å². The van der Waals surface area contributed by atoms with E-state index in [4.69, 9.17) is 9.47 Å². The molecule has 0 bridgehead atoms. The topological polar surface area (TPSA) is 98.4 Å². The Labute approximate surface area is 119 Å². The Kier molecular flexibility index (Phi) is 4.32. The van der Waals surface area contributed by atoms with Gasteiger partial charge < -0.3 is 14.5 Å². The van der Waals surface area contributed by atoms with Gasteiger partial charge in [0.1, 0.15) is 11.2 Å². The van der Waals surface area contributed by atoms with Crippen LogP contribution in [0, 0.1) is 0 Å². The molecule has 2 heterocycles. The molecule has 0 aromatic carbocycles. The number of H-pyrrole nitrogens is 1. The molecule has 0 aliphatic heterocycles. The maximum atomic E-state index is 12.2. The maximum absolute atomic E-state index is 12.2. The third-order valence-corrected chi connectivity index (χ3v) is 2.72. The molecular weight excluding hydrogens is 276 g/mol. The first-order chi connectivity index (χ1) is 10.1. The van der Waals surface area contributed by atoms with Gasteiger partial charge in [-0.2, -0.15) is 0 Å². The van der Waals surface area contributed by atoms with Crippen LogP contribution in [0.15, 0.2) is 23.1 Å². The zero-order chi connectivity index (χ0) is 15.4. The second-order valence-electron chi connectivity index (χ2n) is 4.07. The summed E-state index contributed by atoms with van der Waals surface area (Å²) in [6.45, 7) is 3.75. The Hall–Kier alpha value is -2.70. The Morgan fingerprint density at radius 2 is 1.81 bits per heavy atom. The van der Waals surface area contributed by atoms with E-state index < -0.39 is 17.4 Å². The Bertz CT molecular complexity index is 751. The number of hydrogen-bond donors (Lipinski definition) is 1. The van der Waals surface area contributed by atoms with E-state index in [1.165, 1.54) is 18.3 Å². The third kappa shape index (κ3) is 2.91. The molecule has 0 aliphatic rings. The molecule has 7 nitrogen and oxygen atoms in total. The standard InChI is InChI=1S/C14H14N2O5/c1-3-20-13(18)9-7-15-12-8(11(9)17)5-6-10(16-12)14(19)21-4-2/h5-7H,3-4H2,1-2H3,(H,15,16,17). The van der Waals surface area contributed by atoms with Crippen LogP contribution in [0.3, 0.4) is 0 Å².